The molecule has 0 fully saturated rings. The Labute approximate surface area is 219 Å². The van der Waals surface area contributed by atoms with E-state index in [1.807, 2.05) is 60.7 Å². The van der Waals surface area contributed by atoms with Gasteiger partial charge in [0.15, 0.2) is 5.82 Å². The molecule has 0 amide bonds. The molecule has 0 spiro atoms. The van der Waals surface area contributed by atoms with Crippen LogP contribution in [-0.2, 0) is 19.6 Å². The zero-order valence-electron chi connectivity index (χ0n) is 21.6. The van der Waals surface area contributed by atoms with Gasteiger partial charge in [-0.3, -0.25) is 9.69 Å². The fraction of sp³-hybridized carbons (Fsp3) is 0.286. The number of pyridine rings is 1. The lowest BCUT2D eigenvalue weighted by atomic mass is 10.1. The minimum Gasteiger partial charge on any atom is -0.497 e. The molecule has 5 rings (SSSR count). The lowest BCUT2D eigenvalue weighted by molar-refractivity contribution is 0.161. The van der Waals surface area contributed by atoms with Gasteiger partial charge in [-0.25, -0.2) is 4.68 Å². The second kappa shape index (κ2) is 11.3. The summed E-state index contributed by atoms with van der Waals surface area (Å²) in [6, 6.07) is 19.1. The van der Waals surface area contributed by atoms with Gasteiger partial charge in [-0.15, -0.1) is 5.10 Å². The van der Waals surface area contributed by atoms with E-state index in [9.17, 15) is 4.79 Å². The number of rotatable bonds is 11. The van der Waals surface area contributed by atoms with E-state index in [2.05, 4.69) is 32.3 Å². The second-order valence-corrected chi connectivity index (χ2v) is 9.03. The van der Waals surface area contributed by atoms with Gasteiger partial charge in [0.1, 0.15) is 23.8 Å². The van der Waals surface area contributed by atoms with Gasteiger partial charge in [0, 0.05) is 24.7 Å². The third kappa shape index (κ3) is 5.45. The van der Waals surface area contributed by atoms with Crippen LogP contribution in [0.4, 0.5) is 0 Å². The van der Waals surface area contributed by atoms with Crippen LogP contribution in [0.15, 0.2) is 76.1 Å². The topological polar surface area (TPSA) is 111 Å². The molecule has 2 aromatic carbocycles. The number of aromatic amines is 1. The molecule has 0 unspecified atom stereocenters. The highest BCUT2D eigenvalue weighted by Gasteiger charge is 2.26. The van der Waals surface area contributed by atoms with E-state index >= 15 is 0 Å². The van der Waals surface area contributed by atoms with Crippen molar-refractivity contribution in [3.63, 3.8) is 0 Å². The lowest BCUT2D eigenvalue weighted by Gasteiger charge is -2.30. The number of aromatic nitrogens is 5. The molecule has 0 aliphatic carbocycles. The number of fused-ring (bicyclic) bond motifs is 1. The maximum absolute atomic E-state index is 13.2. The SMILES string of the molecule is CC[C@@H](c1nnnn1Cc1ccco1)N(Cc1ccc(OC)cc1)Cc1cc2ccc(OC)cc2[nH]c1=O. The summed E-state index contributed by atoms with van der Waals surface area (Å²) in [5.74, 6) is 2.95. The Morgan fingerprint density at radius 2 is 1.82 bits per heavy atom. The minimum atomic E-state index is -0.159. The van der Waals surface area contributed by atoms with Crippen LogP contribution in [0.5, 0.6) is 11.5 Å². The van der Waals surface area contributed by atoms with Crippen molar-refractivity contribution in [3.05, 3.63) is 100.0 Å². The Hall–Kier alpha value is -4.44. The lowest BCUT2D eigenvalue weighted by Crippen LogP contribution is -2.32. The Kier molecular flexibility index (Phi) is 7.50. The smallest absolute Gasteiger partial charge is 0.252 e. The van der Waals surface area contributed by atoms with E-state index in [0.717, 1.165) is 34.4 Å². The summed E-state index contributed by atoms with van der Waals surface area (Å²) < 4.78 is 17.9. The van der Waals surface area contributed by atoms with E-state index in [1.54, 1.807) is 25.2 Å². The average Bonchev–Trinajstić information content (AvgIpc) is 3.62. The third-order valence-electron chi connectivity index (χ3n) is 6.62. The van der Waals surface area contributed by atoms with Gasteiger partial charge in [0.2, 0.25) is 0 Å². The van der Waals surface area contributed by atoms with E-state index < -0.39 is 0 Å². The van der Waals surface area contributed by atoms with Crippen LogP contribution in [0.25, 0.3) is 10.9 Å². The van der Waals surface area contributed by atoms with Gasteiger partial charge < -0.3 is 18.9 Å². The standard InChI is InChI=1S/C28H30N6O4/c1-4-26(27-30-31-32-34(27)18-24-6-5-13-38-24)33(16-19-7-10-22(36-2)11-8-19)17-21-14-20-9-12-23(37-3)15-25(20)29-28(21)35/h5-15,26H,4,16-18H2,1-3H3,(H,29,35)/t26-/m0/s1. The van der Waals surface area contributed by atoms with E-state index in [0.29, 0.717) is 36.8 Å². The Balaban J connectivity index is 1.51. The number of hydrogen-bond acceptors (Lipinski definition) is 8. The predicted molar refractivity (Wildman–Crippen MR) is 142 cm³/mol. The van der Waals surface area contributed by atoms with Crippen molar-refractivity contribution >= 4 is 10.9 Å². The van der Waals surface area contributed by atoms with Crippen molar-refractivity contribution in [1.82, 2.24) is 30.1 Å². The quantitative estimate of drug-likeness (QED) is 0.277. The molecular weight excluding hydrogens is 484 g/mol. The summed E-state index contributed by atoms with van der Waals surface area (Å²) in [4.78, 5) is 18.4. The minimum absolute atomic E-state index is 0.143. The summed E-state index contributed by atoms with van der Waals surface area (Å²) >= 11 is 0. The molecule has 3 aromatic heterocycles. The van der Waals surface area contributed by atoms with Crippen LogP contribution < -0.4 is 15.0 Å². The molecule has 10 nitrogen and oxygen atoms in total. The van der Waals surface area contributed by atoms with Crippen molar-refractivity contribution in [2.45, 2.75) is 39.0 Å². The predicted octanol–water partition coefficient (Wildman–Crippen LogP) is 4.33. The number of tetrazole rings is 1. The van der Waals surface area contributed by atoms with Gasteiger partial charge in [-0.05, 0) is 70.3 Å². The first-order chi connectivity index (χ1) is 18.6. The molecule has 0 saturated heterocycles. The highest BCUT2D eigenvalue weighted by atomic mass is 16.5. The summed E-state index contributed by atoms with van der Waals surface area (Å²) in [6.07, 6.45) is 2.37. The Morgan fingerprint density at radius 3 is 2.53 bits per heavy atom. The van der Waals surface area contributed by atoms with Crippen molar-refractivity contribution in [2.75, 3.05) is 14.2 Å². The number of methoxy groups -OCH3 is 2. The summed E-state index contributed by atoms with van der Waals surface area (Å²) in [7, 11) is 3.25. The number of ether oxygens (including phenoxy) is 2. The van der Waals surface area contributed by atoms with Crippen LogP contribution >= 0.6 is 0 Å². The first-order valence-corrected chi connectivity index (χ1v) is 12.4. The van der Waals surface area contributed by atoms with E-state index in [1.165, 1.54) is 0 Å². The fourth-order valence-electron chi connectivity index (χ4n) is 4.65. The zero-order valence-corrected chi connectivity index (χ0v) is 21.6. The Morgan fingerprint density at radius 1 is 1.03 bits per heavy atom. The van der Waals surface area contributed by atoms with Crippen LogP contribution in [0.1, 0.15) is 42.1 Å². The number of H-pyrrole nitrogens is 1. The van der Waals surface area contributed by atoms with E-state index in [-0.39, 0.29) is 11.6 Å². The van der Waals surface area contributed by atoms with Crippen molar-refractivity contribution in [3.8, 4) is 11.5 Å². The maximum Gasteiger partial charge on any atom is 0.252 e. The molecule has 0 radical (unpaired) electrons. The Bertz CT molecular complexity index is 1540. The molecule has 38 heavy (non-hydrogen) atoms. The van der Waals surface area contributed by atoms with Crippen LogP contribution in [0, 0.1) is 0 Å². The van der Waals surface area contributed by atoms with Crippen LogP contribution in [0.2, 0.25) is 0 Å². The molecule has 0 saturated carbocycles. The average molecular weight is 515 g/mol. The van der Waals surface area contributed by atoms with Gasteiger partial charge >= 0.3 is 0 Å². The molecule has 10 heteroatoms. The molecule has 0 aliphatic heterocycles. The summed E-state index contributed by atoms with van der Waals surface area (Å²) in [6.45, 7) is 3.49. The first-order valence-electron chi connectivity index (χ1n) is 12.4. The number of furan rings is 1. The summed E-state index contributed by atoms with van der Waals surface area (Å²) in [5, 5.41) is 13.5. The molecule has 3 heterocycles. The number of nitrogens with zero attached hydrogens (tertiary/aromatic N) is 5. The van der Waals surface area contributed by atoms with Gasteiger partial charge in [0.25, 0.3) is 5.56 Å². The normalized spacial score (nSPS) is 12.2. The molecule has 1 atom stereocenters. The first kappa shape index (κ1) is 25.2. The van der Waals surface area contributed by atoms with Gasteiger partial charge in [0.05, 0.1) is 32.0 Å². The summed E-state index contributed by atoms with van der Waals surface area (Å²) in [5.41, 5.74) is 2.32. The van der Waals surface area contributed by atoms with E-state index in [4.69, 9.17) is 13.9 Å². The largest absolute Gasteiger partial charge is 0.497 e. The molecule has 0 bridgehead atoms. The number of hydrogen-bond donors (Lipinski definition) is 1. The fourth-order valence-corrected chi connectivity index (χ4v) is 4.65. The molecule has 0 aliphatic rings. The monoisotopic (exact) mass is 514 g/mol. The molecular formula is C28H30N6O4. The van der Waals surface area contributed by atoms with Crippen LogP contribution in [-0.4, -0.2) is 44.3 Å². The van der Waals surface area contributed by atoms with Gasteiger partial charge in [-0.2, -0.15) is 0 Å². The van der Waals surface area contributed by atoms with Crippen molar-refractivity contribution in [1.29, 1.82) is 0 Å². The molecule has 1 N–H and O–H groups in total. The maximum atomic E-state index is 13.2. The zero-order chi connectivity index (χ0) is 26.5. The number of nitrogens with one attached hydrogen (secondary N) is 1. The second-order valence-electron chi connectivity index (χ2n) is 9.03. The highest BCUT2D eigenvalue weighted by Crippen LogP contribution is 2.28. The third-order valence-corrected chi connectivity index (χ3v) is 6.62. The number of benzene rings is 2. The molecule has 5 aromatic rings. The molecule has 196 valence electrons. The van der Waals surface area contributed by atoms with Crippen molar-refractivity contribution in [2.24, 2.45) is 0 Å². The van der Waals surface area contributed by atoms with Crippen LogP contribution in [0.3, 0.4) is 0 Å². The van der Waals surface area contributed by atoms with Crippen molar-refractivity contribution < 1.29 is 13.9 Å². The van der Waals surface area contributed by atoms with Gasteiger partial charge in [-0.1, -0.05) is 19.1 Å². The highest BCUT2D eigenvalue weighted by molar-refractivity contribution is 5.80.